The zero-order chi connectivity index (χ0) is 17.9. The fourth-order valence-electron chi connectivity index (χ4n) is 2.77. The van der Waals surface area contributed by atoms with Crippen molar-refractivity contribution in [2.45, 2.75) is 32.7 Å². The average Bonchev–Trinajstić information content (AvgIpc) is 2.97. The van der Waals surface area contributed by atoms with E-state index in [2.05, 4.69) is 53.5 Å². The molecule has 0 radical (unpaired) electrons. The number of nitrogens with one attached hydrogen (secondary N) is 3. The number of anilines is 1. The summed E-state index contributed by atoms with van der Waals surface area (Å²) in [6.45, 7) is 6.82. The summed E-state index contributed by atoms with van der Waals surface area (Å²) in [6, 6.07) is 11.8. The van der Waals surface area contributed by atoms with Crippen LogP contribution in [0.25, 0.3) is 10.9 Å². The van der Waals surface area contributed by atoms with Crippen LogP contribution in [0.3, 0.4) is 0 Å². The van der Waals surface area contributed by atoms with Crippen LogP contribution >= 0.6 is 0 Å². The lowest BCUT2D eigenvalue weighted by molar-refractivity contribution is 0.0949. The largest absolute Gasteiger partial charge is 0.379 e. The average molecular weight is 336 g/mol. The molecular formula is C20H24N4O. The summed E-state index contributed by atoms with van der Waals surface area (Å²) in [5, 5.41) is 7.46. The third kappa shape index (κ3) is 4.38. The molecule has 3 aromatic rings. The van der Waals surface area contributed by atoms with Crippen LogP contribution in [0.5, 0.6) is 0 Å². The Bertz CT molecular complexity index is 859. The number of carbonyl (C=O) groups is 1. The van der Waals surface area contributed by atoms with Crippen molar-refractivity contribution in [1.29, 1.82) is 0 Å². The molecule has 0 aliphatic heterocycles. The van der Waals surface area contributed by atoms with Crippen LogP contribution in [0.15, 0.2) is 48.8 Å². The fraction of sp³-hybridized carbons (Fsp3) is 0.300. The highest BCUT2D eigenvalue weighted by Crippen LogP contribution is 2.18. The van der Waals surface area contributed by atoms with Gasteiger partial charge in [-0.05, 0) is 51.0 Å². The minimum absolute atomic E-state index is 0.0369. The van der Waals surface area contributed by atoms with Gasteiger partial charge in [-0.2, -0.15) is 0 Å². The normalized spacial score (nSPS) is 11.5. The number of hydrogen-bond acceptors (Lipinski definition) is 3. The second-order valence-electron chi connectivity index (χ2n) is 7.17. The van der Waals surface area contributed by atoms with Gasteiger partial charge >= 0.3 is 0 Å². The van der Waals surface area contributed by atoms with Crippen molar-refractivity contribution in [3.63, 3.8) is 0 Å². The highest BCUT2D eigenvalue weighted by molar-refractivity contribution is 5.92. The zero-order valence-electron chi connectivity index (χ0n) is 14.9. The van der Waals surface area contributed by atoms with Crippen molar-refractivity contribution < 1.29 is 4.79 Å². The number of hydrogen-bond donors (Lipinski definition) is 3. The lowest BCUT2D eigenvalue weighted by atomic mass is 10.1. The van der Waals surface area contributed by atoms with Gasteiger partial charge in [0.15, 0.2) is 0 Å². The summed E-state index contributed by atoms with van der Waals surface area (Å²) in [5.74, 6) is -0.151. The maximum atomic E-state index is 12.2. The molecule has 0 spiro atoms. The van der Waals surface area contributed by atoms with Gasteiger partial charge in [0.25, 0.3) is 5.91 Å². The van der Waals surface area contributed by atoms with Gasteiger partial charge in [0, 0.05) is 29.2 Å². The van der Waals surface area contributed by atoms with E-state index >= 15 is 0 Å². The van der Waals surface area contributed by atoms with Gasteiger partial charge in [-0.3, -0.25) is 4.79 Å². The van der Waals surface area contributed by atoms with Crippen molar-refractivity contribution in [2.75, 3.05) is 11.9 Å². The van der Waals surface area contributed by atoms with Gasteiger partial charge in [0.2, 0.25) is 0 Å². The number of carbonyl (C=O) groups excluding carboxylic acids is 1. The summed E-state index contributed by atoms with van der Waals surface area (Å²) in [5.41, 5.74) is 3.62. The first kappa shape index (κ1) is 17.0. The molecule has 0 saturated carbocycles. The smallest absolute Gasteiger partial charge is 0.269 e. The Morgan fingerprint density at radius 1 is 1.16 bits per heavy atom. The van der Waals surface area contributed by atoms with Crippen molar-refractivity contribution in [3.8, 4) is 0 Å². The molecule has 0 saturated heterocycles. The maximum absolute atomic E-state index is 12.2. The summed E-state index contributed by atoms with van der Waals surface area (Å²) in [4.78, 5) is 19.7. The van der Waals surface area contributed by atoms with Crippen molar-refractivity contribution in [1.82, 2.24) is 15.3 Å². The first-order valence-corrected chi connectivity index (χ1v) is 8.50. The monoisotopic (exact) mass is 336 g/mol. The number of para-hydroxylation sites is 1. The fourth-order valence-corrected chi connectivity index (χ4v) is 2.77. The number of amides is 1. The Kier molecular flexibility index (Phi) is 4.74. The molecule has 0 aliphatic carbocycles. The topological polar surface area (TPSA) is 69.8 Å². The van der Waals surface area contributed by atoms with Gasteiger partial charge in [0.1, 0.15) is 5.69 Å². The minimum Gasteiger partial charge on any atom is -0.379 e. The van der Waals surface area contributed by atoms with Crippen LogP contribution in [0.1, 0.15) is 36.8 Å². The molecule has 5 nitrogen and oxygen atoms in total. The summed E-state index contributed by atoms with van der Waals surface area (Å²) in [7, 11) is 0. The molecule has 130 valence electrons. The van der Waals surface area contributed by atoms with Crippen LogP contribution < -0.4 is 10.6 Å². The van der Waals surface area contributed by atoms with Crippen LogP contribution in [-0.4, -0.2) is 28.0 Å². The minimum atomic E-state index is -0.151. The highest BCUT2D eigenvalue weighted by Gasteiger charge is 2.11. The number of pyridine rings is 1. The lowest BCUT2D eigenvalue weighted by Gasteiger charge is -2.21. The zero-order valence-corrected chi connectivity index (χ0v) is 14.9. The van der Waals surface area contributed by atoms with Crippen LogP contribution in [0.4, 0.5) is 5.69 Å². The summed E-state index contributed by atoms with van der Waals surface area (Å²) in [6.07, 6.45) is 4.47. The Hall–Kier alpha value is -2.82. The van der Waals surface area contributed by atoms with Crippen molar-refractivity contribution >= 4 is 22.5 Å². The quantitative estimate of drug-likeness (QED) is 0.665. The molecule has 5 heteroatoms. The molecular weight excluding hydrogens is 312 g/mol. The third-order valence-corrected chi connectivity index (χ3v) is 3.87. The van der Waals surface area contributed by atoms with Crippen LogP contribution in [0, 0.1) is 0 Å². The van der Waals surface area contributed by atoms with Crippen LogP contribution in [0.2, 0.25) is 0 Å². The SMILES string of the molecule is CC(C)(C)Nc1ccc(C(=O)NCCc2c[nH]c3ccccc23)nc1. The van der Waals surface area contributed by atoms with E-state index in [0.29, 0.717) is 12.2 Å². The highest BCUT2D eigenvalue weighted by atomic mass is 16.1. The van der Waals surface area contributed by atoms with E-state index in [9.17, 15) is 4.79 Å². The number of rotatable bonds is 5. The molecule has 0 aliphatic rings. The first-order valence-electron chi connectivity index (χ1n) is 8.50. The number of nitrogens with zero attached hydrogens (tertiary/aromatic N) is 1. The Morgan fingerprint density at radius 3 is 2.68 bits per heavy atom. The summed E-state index contributed by atoms with van der Waals surface area (Å²) >= 11 is 0. The Morgan fingerprint density at radius 2 is 1.96 bits per heavy atom. The molecule has 0 unspecified atom stereocenters. The third-order valence-electron chi connectivity index (χ3n) is 3.87. The van der Waals surface area contributed by atoms with Gasteiger partial charge in [0.05, 0.1) is 11.9 Å². The van der Waals surface area contributed by atoms with E-state index in [4.69, 9.17) is 0 Å². The van der Waals surface area contributed by atoms with Crippen molar-refractivity contribution in [2.24, 2.45) is 0 Å². The van der Waals surface area contributed by atoms with Crippen molar-refractivity contribution in [3.05, 3.63) is 60.0 Å². The van der Waals surface area contributed by atoms with E-state index in [1.165, 1.54) is 10.9 Å². The van der Waals surface area contributed by atoms with Gasteiger partial charge in [-0.15, -0.1) is 0 Å². The first-order chi connectivity index (χ1) is 11.9. The number of aromatic amines is 1. The number of H-pyrrole nitrogens is 1. The van der Waals surface area contributed by atoms with E-state index in [0.717, 1.165) is 17.6 Å². The van der Waals surface area contributed by atoms with Gasteiger partial charge in [-0.25, -0.2) is 4.98 Å². The number of aromatic nitrogens is 2. The molecule has 3 N–H and O–H groups in total. The standard InChI is InChI=1S/C20H24N4O/c1-20(2,3)24-15-8-9-18(23-13-15)19(25)21-11-10-14-12-22-17-7-5-4-6-16(14)17/h4-9,12-13,22,24H,10-11H2,1-3H3,(H,21,25). The van der Waals surface area contributed by atoms with E-state index < -0.39 is 0 Å². The number of benzene rings is 1. The predicted octanol–water partition coefficient (Wildman–Crippen LogP) is 3.75. The second kappa shape index (κ2) is 6.97. The Balaban J connectivity index is 1.55. The molecule has 0 atom stereocenters. The van der Waals surface area contributed by atoms with E-state index in [-0.39, 0.29) is 11.4 Å². The Labute approximate surface area is 147 Å². The summed E-state index contributed by atoms with van der Waals surface area (Å²) < 4.78 is 0. The number of fused-ring (bicyclic) bond motifs is 1. The molecule has 0 fully saturated rings. The van der Waals surface area contributed by atoms with E-state index in [1.807, 2.05) is 24.4 Å². The maximum Gasteiger partial charge on any atom is 0.269 e. The van der Waals surface area contributed by atoms with Crippen LogP contribution in [-0.2, 0) is 6.42 Å². The predicted molar refractivity (Wildman–Crippen MR) is 102 cm³/mol. The molecule has 2 aromatic heterocycles. The molecule has 3 rings (SSSR count). The lowest BCUT2D eigenvalue weighted by Crippen LogP contribution is -2.27. The second-order valence-corrected chi connectivity index (χ2v) is 7.17. The van der Waals surface area contributed by atoms with Gasteiger partial charge in [-0.1, -0.05) is 18.2 Å². The molecule has 2 heterocycles. The van der Waals surface area contributed by atoms with E-state index in [1.54, 1.807) is 12.3 Å². The molecule has 0 bridgehead atoms. The molecule has 1 aromatic carbocycles. The molecule has 1 amide bonds. The molecule has 25 heavy (non-hydrogen) atoms. The van der Waals surface area contributed by atoms with Gasteiger partial charge < -0.3 is 15.6 Å².